The quantitative estimate of drug-likeness (QED) is 0.599. The summed E-state index contributed by atoms with van der Waals surface area (Å²) in [5, 5.41) is 2.86. The van der Waals surface area contributed by atoms with E-state index >= 15 is 0 Å². The maximum atomic E-state index is 13.3. The Bertz CT molecular complexity index is 1210. The number of hydrogen-bond donors (Lipinski definition) is 1. The van der Waals surface area contributed by atoms with E-state index in [2.05, 4.69) is 17.4 Å². The fraction of sp³-hybridized carbons (Fsp3) is 0.259. The third-order valence-electron chi connectivity index (χ3n) is 6.41. The number of aryl methyl sites for hydroxylation is 1. The van der Waals surface area contributed by atoms with Crippen LogP contribution in [0.25, 0.3) is 0 Å². The number of carbonyl (C=O) groups excluding carboxylic acids is 2. The van der Waals surface area contributed by atoms with Gasteiger partial charge in [-0.25, -0.2) is 4.39 Å². The first kappa shape index (κ1) is 21.2. The fourth-order valence-corrected chi connectivity index (χ4v) is 4.75. The number of amides is 2. The zero-order valence-electron chi connectivity index (χ0n) is 18.4. The molecule has 0 fully saturated rings. The van der Waals surface area contributed by atoms with Crippen LogP contribution in [-0.2, 0) is 17.8 Å². The highest BCUT2D eigenvalue weighted by Gasteiger charge is 2.35. The van der Waals surface area contributed by atoms with Gasteiger partial charge in [-0.05, 0) is 79.8 Å². The molecule has 168 valence electrons. The van der Waals surface area contributed by atoms with Crippen molar-refractivity contribution in [3.8, 4) is 5.75 Å². The van der Waals surface area contributed by atoms with Gasteiger partial charge in [-0.2, -0.15) is 0 Å². The van der Waals surface area contributed by atoms with Crippen LogP contribution >= 0.6 is 0 Å². The second-order valence-corrected chi connectivity index (χ2v) is 8.62. The minimum Gasteiger partial charge on any atom is -0.481 e. The Hall–Kier alpha value is -3.67. The van der Waals surface area contributed by atoms with E-state index < -0.39 is 11.9 Å². The molecule has 0 aromatic heterocycles. The molecule has 5 nitrogen and oxygen atoms in total. The van der Waals surface area contributed by atoms with Crippen LogP contribution in [0.4, 0.5) is 10.1 Å². The highest BCUT2D eigenvalue weighted by atomic mass is 19.1. The lowest BCUT2D eigenvalue weighted by atomic mass is 9.86. The van der Waals surface area contributed by atoms with Gasteiger partial charge >= 0.3 is 0 Å². The number of nitrogens with one attached hydrogen (secondary N) is 1. The molecule has 2 aliphatic rings. The van der Waals surface area contributed by atoms with Gasteiger partial charge in [0.25, 0.3) is 11.8 Å². The Balaban J connectivity index is 1.44. The van der Waals surface area contributed by atoms with Crippen LogP contribution in [0, 0.1) is 5.82 Å². The molecule has 0 radical (unpaired) electrons. The molecule has 6 heteroatoms. The van der Waals surface area contributed by atoms with E-state index in [0.29, 0.717) is 23.5 Å². The maximum Gasteiger partial charge on any atom is 0.264 e. The molecule has 0 saturated carbocycles. The van der Waals surface area contributed by atoms with Gasteiger partial charge in [0.1, 0.15) is 11.6 Å². The number of anilines is 1. The van der Waals surface area contributed by atoms with E-state index in [4.69, 9.17) is 4.74 Å². The molecule has 5 rings (SSSR count). The summed E-state index contributed by atoms with van der Waals surface area (Å²) < 4.78 is 19.2. The van der Waals surface area contributed by atoms with Crippen molar-refractivity contribution >= 4 is 17.5 Å². The van der Waals surface area contributed by atoms with Gasteiger partial charge in [0.05, 0.1) is 12.6 Å². The van der Waals surface area contributed by atoms with Gasteiger partial charge < -0.3 is 15.0 Å². The van der Waals surface area contributed by atoms with Crippen molar-refractivity contribution in [3.63, 3.8) is 0 Å². The summed E-state index contributed by atoms with van der Waals surface area (Å²) in [6, 6.07) is 19.1. The van der Waals surface area contributed by atoms with Crippen molar-refractivity contribution in [1.29, 1.82) is 0 Å². The smallest absolute Gasteiger partial charge is 0.264 e. The highest BCUT2D eigenvalue weighted by Crippen LogP contribution is 2.38. The number of ether oxygens (including phenoxy) is 1. The van der Waals surface area contributed by atoms with Gasteiger partial charge in [0.2, 0.25) is 0 Å². The average Bonchev–Trinajstić information content (AvgIpc) is 2.95. The van der Waals surface area contributed by atoms with Crippen LogP contribution in [0.1, 0.15) is 52.9 Å². The van der Waals surface area contributed by atoms with Gasteiger partial charge in [0.15, 0.2) is 6.10 Å². The van der Waals surface area contributed by atoms with Crippen molar-refractivity contribution in [2.24, 2.45) is 0 Å². The molecule has 1 aliphatic heterocycles. The van der Waals surface area contributed by atoms with Gasteiger partial charge in [-0.3, -0.25) is 9.59 Å². The molecule has 3 aromatic rings. The predicted molar refractivity (Wildman–Crippen MR) is 124 cm³/mol. The molecule has 33 heavy (non-hydrogen) atoms. The lowest BCUT2D eigenvalue weighted by Gasteiger charge is -2.35. The van der Waals surface area contributed by atoms with Crippen LogP contribution in [0.2, 0.25) is 0 Å². The predicted octanol–water partition coefficient (Wildman–Crippen LogP) is 5.27. The van der Waals surface area contributed by atoms with Crippen LogP contribution in [0.3, 0.4) is 0 Å². The molecule has 0 bridgehead atoms. The number of nitrogens with zero attached hydrogens (tertiary/aromatic N) is 1. The Morgan fingerprint density at radius 2 is 1.85 bits per heavy atom. The number of halogens is 1. The monoisotopic (exact) mass is 444 g/mol. The topological polar surface area (TPSA) is 58.6 Å². The minimum atomic E-state index is -0.597. The number of rotatable bonds is 3. The number of fused-ring (bicyclic) bond motifs is 2. The summed E-state index contributed by atoms with van der Waals surface area (Å²) in [5.74, 6) is -0.115. The van der Waals surface area contributed by atoms with Crippen LogP contribution in [0.5, 0.6) is 5.75 Å². The molecule has 3 aromatic carbocycles. The molecular weight excluding hydrogens is 419 g/mol. The third kappa shape index (κ3) is 4.21. The van der Waals surface area contributed by atoms with E-state index in [-0.39, 0.29) is 17.9 Å². The van der Waals surface area contributed by atoms with Crippen molar-refractivity contribution in [1.82, 2.24) is 4.90 Å². The molecule has 1 N–H and O–H groups in total. The van der Waals surface area contributed by atoms with E-state index in [1.807, 2.05) is 23.1 Å². The Morgan fingerprint density at radius 3 is 2.67 bits per heavy atom. The van der Waals surface area contributed by atoms with Crippen molar-refractivity contribution in [2.45, 2.75) is 44.9 Å². The molecule has 1 heterocycles. The zero-order valence-corrected chi connectivity index (χ0v) is 18.4. The van der Waals surface area contributed by atoms with E-state index in [1.54, 1.807) is 19.1 Å². The second-order valence-electron chi connectivity index (χ2n) is 8.62. The molecule has 0 unspecified atom stereocenters. The number of carbonyl (C=O) groups is 2. The largest absolute Gasteiger partial charge is 0.481 e. The van der Waals surface area contributed by atoms with E-state index in [1.165, 1.54) is 35.4 Å². The SMILES string of the molecule is C[C@H]1Oc2ccc(NC(=O)c3ccc(F)cc3)cc2CN([C@@H]2CCCc3ccccc32)C1=O. The maximum absolute atomic E-state index is 13.3. The van der Waals surface area contributed by atoms with Crippen molar-refractivity contribution < 1.29 is 18.7 Å². The number of hydrogen-bond acceptors (Lipinski definition) is 3. The minimum absolute atomic E-state index is 0.00286. The number of benzene rings is 3. The van der Waals surface area contributed by atoms with Crippen LogP contribution in [-0.4, -0.2) is 22.8 Å². The summed E-state index contributed by atoms with van der Waals surface area (Å²) in [6.07, 6.45) is 2.37. The fourth-order valence-electron chi connectivity index (χ4n) is 4.75. The first-order valence-electron chi connectivity index (χ1n) is 11.2. The first-order valence-corrected chi connectivity index (χ1v) is 11.2. The van der Waals surface area contributed by atoms with Crippen LogP contribution in [0.15, 0.2) is 66.7 Å². The van der Waals surface area contributed by atoms with Gasteiger partial charge in [-0.15, -0.1) is 0 Å². The van der Waals surface area contributed by atoms with Gasteiger partial charge in [0, 0.05) is 16.8 Å². The molecule has 2 amide bonds. The normalized spacial score (nSPS) is 19.7. The average molecular weight is 445 g/mol. The Labute approximate surface area is 192 Å². The summed E-state index contributed by atoms with van der Waals surface area (Å²) in [7, 11) is 0. The van der Waals surface area contributed by atoms with Crippen molar-refractivity contribution in [2.75, 3.05) is 5.32 Å². The molecule has 2 atom stereocenters. The molecular formula is C27H25FN2O3. The van der Waals surface area contributed by atoms with Crippen LogP contribution < -0.4 is 10.1 Å². The van der Waals surface area contributed by atoms with E-state index in [9.17, 15) is 14.0 Å². The first-order chi connectivity index (χ1) is 16.0. The summed E-state index contributed by atoms with van der Waals surface area (Å²) in [5.41, 5.74) is 4.30. The molecule has 1 aliphatic carbocycles. The van der Waals surface area contributed by atoms with Crippen molar-refractivity contribution in [3.05, 3.63) is 94.8 Å². The highest BCUT2D eigenvalue weighted by molar-refractivity contribution is 6.04. The third-order valence-corrected chi connectivity index (χ3v) is 6.41. The summed E-state index contributed by atoms with van der Waals surface area (Å²) in [6.45, 7) is 2.18. The molecule has 0 saturated heterocycles. The molecule has 0 spiro atoms. The Kier molecular flexibility index (Phi) is 5.58. The lowest BCUT2D eigenvalue weighted by Crippen LogP contribution is -2.41. The standard InChI is InChI=1S/C27H25FN2O3/c1-17-27(32)30(24-8-4-6-18-5-2-3-7-23(18)24)16-20-15-22(13-14-25(20)33-17)29-26(31)19-9-11-21(28)12-10-19/h2-3,5,7,9-15,17,24H,4,6,8,16H2,1H3,(H,29,31)/t17-,24-/m1/s1. The Morgan fingerprint density at radius 1 is 1.06 bits per heavy atom. The van der Waals surface area contributed by atoms with E-state index in [0.717, 1.165) is 24.8 Å². The van der Waals surface area contributed by atoms with Gasteiger partial charge in [-0.1, -0.05) is 24.3 Å². The lowest BCUT2D eigenvalue weighted by molar-refractivity contribution is -0.140. The second kappa shape index (κ2) is 8.70. The zero-order chi connectivity index (χ0) is 22.9. The summed E-state index contributed by atoms with van der Waals surface area (Å²) in [4.78, 5) is 27.8. The summed E-state index contributed by atoms with van der Waals surface area (Å²) >= 11 is 0.